The third-order valence-corrected chi connectivity index (χ3v) is 8.34. The molecule has 0 aliphatic heterocycles. The summed E-state index contributed by atoms with van der Waals surface area (Å²) in [6.45, 7) is 1.92. The van der Waals surface area contributed by atoms with E-state index in [9.17, 15) is 8.42 Å². The van der Waals surface area contributed by atoms with Crippen molar-refractivity contribution in [2.75, 3.05) is 12.9 Å². The van der Waals surface area contributed by atoms with Crippen LogP contribution in [-0.4, -0.2) is 21.3 Å². The molecule has 3 nitrogen and oxygen atoms in total. The van der Waals surface area contributed by atoms with Gasteiger partial charge in [0, 0.05) is 21.9 Å². The van der Waals surface area contributed by atoms with Crippen molar-refractivity contribution in [3.8, 4) is 5.75 Å². The molecule has 4 aromatic carbocycles. The molecule has 0 amide bonds. The van der Waals surface area contributed by atoms with Gasteiger partial charge in [0.25, 0.3) is 0 Å². The summed E-state index contributed by atoms with van der Waals surface area (Å²) in [5.41, 5.74) is 5.18. The van der Waals surface area contributed by atoms with Crippen LogP contribution in [0.25, 0.3) is 16.3 Å². The van der Waals surface area contributed by atoms with Crippen molar-refractivity contribution in [1.82, 2.24) is 0 Å². The fourth-order valence-corrected chi connectivity index (χ4v) is 6.39. The second-order valence-electron chi connectivity index (χ2n) is 8.34. The van der Waals surface area contributed by atoms with Crippen LogP contribution in [0.2, 0.25) is 5.02 Å². The molecule has 33 heavy (non-hydrogen) atoms. The summed E-state index contributed by atoms with van der Waals surface area (Å²) < 4.78 is 32.3. The van der Waals surface area contributed by atoms with Gasteiger partial charge in [-0.1, -0.05) is 71.8 Å². The van der Waals surface area contributed by atoms with Crippen LogP contribution in [0.1, 0.15) is 29.5 Å². The molecule has 0 radical (unpaired) electrons. The summed E-state index contributed by atoms with van der Waals surface area (Å²) in [5.74, 6) is 0.761. The van der Waals surface area contributed by atoms with Gasteiger partial charge in [-0.2, -0.15) is 0 Å². The van der Waals surface area contributed by atoms with Crippen molar-refractivity contribution in [3.63, 3.8) is 0 Å². The number of allylic oxidation sites excluding steroid dienone is 1. The first-order valence-electron chi connectivity index (χ1n) is 10.7. The van der Waals surface area contributed by atoms with E-state index in [-0.39, 0.29) is 16.6 Å². The van der Waals surface area contributed by atoms with Gasteiger partial charge in [-0.05, 0) is 59.3 Å². The van der Waals surface area contributed by atoms with Crippen LogP contribution in [0.4, 0.5) is 0 Å². The molecule has 0 fully saturated rings. The molecule has 0 saturated heterocycles. The van der Waals surface area contributed by atoms with Gasteiger partial charge >= 0.3 is 0 Å². The number of fused-ring (bicyclic) bond motifs is 2. The molecule has 0 saturated carbocycles. The Hall–Kier alpha value is -3.08. The van der Waals surface area contributed by atoms with E-state index in [4.69, 9.17) is 16.3 Å². The third kappa shape index (κ3) is 3.73. The van der Waals surface area contributed by atoms with E-state index >= 15 is 0 Å². The van der Waals surface area contributed by atoms with E-state index < -0.39 is 9.84 Å². The molecule has 5 heteroatoms. The Kier molecular flexibility index (Phi) is 5.51. The summed E-state index contributed by atoms with van der Waals surface area (Å²) >= 11 is 5.95. The summed E-state index contributed by atoms with van der Waals surface area (Å²) in [4.78, 5) is 0.277. The minimum atomic E-state index is -3.51. The zero-order valence-corrected chi connectivity index (χ0v) is 20.0. The van der Waals surface area contributed by atoms with Gasteiger partial charge in [0.05, 0.1) is 17.8 Å². The fourth-order valence-electron chi connectivity index (χ4n) is 4.82. The third-order valence-electron chi connectivity index (χ3n) is 6.28. The largest absolute Gasteiger partial charge is 0.496 e. The van der Waals surface area contributed by atoms with Gasteiger partial charge in [-0.25, -0.2) is 8.42 Å². The lowest BCUT2D eigenvalue weighted by molar-refractivity contribution is 0.413. The minimum absolute atomic E-state index is 0.0406. The Labute approximate surface area is 199 Å². The number of hydrogen-bond acceptors (Lipinski definition) is 3. The van der Waals surface area contributed by atoms with Crippen molar-refractivity contribution in [2.45, 2.75) is 17.7 Å². The second kappa shape index (κ2) is 8.36. The molecule has 0 aromatic heterocycles. The highest BCUT2D eigenvalue weighted by molar-refractivity contribution is 7.91. The molecular weight excluding hydrogens is 452 g/mol. The van der Waals surface area contributed by atoms with Crippen LogP contribution in [0.5, 0.6) is 5.75 Å². The van der Waals surface area contributed by atoms with Crippen molar-refractivity contribution in [3.05, 3.63) is 112 Å². The van der Waals surface area contributed by atoms with Crippen LogP contribution in [0.15, 0.2) is 95.4 Å². The summed E-state index contributed by atoms with van der Waals surface area (Å²) in [5, 5.41) is 2.65. The number of sulfone groups is 1. The lowest BCUT2D eigenvalue weighted by Gasteiger charge is -2.38. The number of halogens is 1. The zero-order valence-electron chi connectivity index (χ0n) is 18.4. The molecule has 1 atom stereocenters. The maximum atomic E-state index is 13.2. The molecule has 1 aliphatic carbocycles. The lowest BCUT2D eigenvalue weighted by Crippen LogP contribution is -2.22. The predicted molar refractivity (Wildman–Crippen MR) is 135 cm³/mol. The quantitative estimate of drug-likeness (QED) is 0.316. The second-order valence-corrected chi connectivity index (χ2v) is 10.8. The normalized spacial score (nSPS) is 16.8. The van der Waals surface area contributed by atoms with E-state index in [1.807, 2.05) is 37.3 Å². The summed E-state index contributed by atoms with van der Waals surface area (Å²) in [7, 11) is -1.81. The molecule has 4 aromatic rings. The fraction of sp³-hybridized carbons (Fsp3) is 0.143. The molecule has 0 spiro atoms. The average Bonchev–Trinajstić information content (AvgIpc) is 2.80. The van der Waals surface area contributed by atoms with E-state index in [2.05, 4.69) is 30.3 Å². The van der Waals surface area contributed by atoms with Crippen LogP contribution < -0.4 is 4.74 Å². The van der Waals surface area contributed by atoms with Crippen molar-refractivity contribution >= 4 is 37.8 Å². The smallest absolute Gasteiger partial charge is 0.182 e. The van der Waals surface area contributed by atoms with E-state index in [0.717, 1.165) is 44.4 Å². The number of rotatable bonds is 5. The molecule has 0 N–H and O–H groups in total. The Morgan fingerprint density at radius 3 is 2.30 bits per heavy atom. The molecule has 1 unspecified atom stereocenters. The van der Waals surface area contributed by atoms with E-state index in [1.54, 1.807) is 31.4 Å². The molecule has 0 heterocycles. The van der Waals surface area contributed by atoms with Gasteiger partial charge in [-0.15, -0.1) is 0 Å². The predicted octanol–water partition coefficient (Wildman–Crippen LogP) is 6.89. The Morgan fingerprint density at radius 2 is 1.61 bits per heavy atom. The molecule has 166 valence electrons. The van der Waals surface area contributed by atoms with Gasteiger partial charge in [-0.3, -0.25) is 0 Å². The van der Waals surface area contributed by atoms with Crippen LogP contribution in [0.3, 0.4) is 0 Å². The summed E-state index contributed by atoms with van der Waals surface area (Å²) in [6, 6.07) is 26.8. The molecular formula is C28H23ClO3S. The van der Waals surface area contributed by atoms with E-state index in [0.29, 0.717) is 5.02 Å². The van der Waals surface area contributed by atoms with Crippen molar-refractivity contribution in [2.24, 2.45) is 0 Å². The highest BCUT2D eigenvalue weighted by Gasteiger charge is 2.39. The summed E-state index contributed by atoms with van der Waals surface area (Å²) in [6.07, 6.45) is 0. The van der Waals surface area contributed by atoms with Gasteiger partial charge < -0.3 is 4.74 Å². The number of ether oxygens (including phenoxy) is 1. The maximum absolute atomic E-state index is 13.2. The SMILES string of the molecule is COc1c2c(cc3ccccc13)/C(=C(\C)CS(=O)(=O)c1ccc(Cl)cc1)C2c1ccccc1. The number of hydrogen-bond donors (Lipinski definition) is 0. The first kappa shape index (κ1) is 21.7. The van der Waals surface area contributed by atoms with Crippen molar-refractivity contribution in [1.29, 1.82) is 0 Å². The zero-order chi connectivity index (χ0) is 23.2. The van der Waals surface area contributed by atoms with Gasteiger partial charge in [0.2, 0.25) is 0 Å². The Morgan fingerprint density at radius 1 is 0.939 bits per heavy atom. The first-order valence-corrected chi connectivity index (χ1v) is 12.8. The number of methoxy groups -OCH3 is 1. The van der Waals surface area contributed by atoms with Crippen LogP contribution in [0, 0.1) is 0 Å². The van der Waals surface area contributed by atoms with Crippen molar-refractivity contribution < 1.29 is 13.2 Å². The van der Waals surface area contributed by atoms with Crippen LogP contribution >= 0.6 is 11.6 Å². The standard InChI is InChI=1S/C28H23ClO3S/c1-18(17-33(30,31)22-14-12-21(29)13-15-22)25-24-16-20-10-6-7-11-23(20)28(32-2)27(24)26(25)19-8-4-3-5-9-19/h3-16,26H,17H2,1-2H3/b25-18-. The molecule has 5 rings (SSSR count). The molecule has 1 aliphatic rings. The molecule has 0 bridgehead atoms. The van der Waals surface area contributed by atoms with Crippen LogP contribution in [-0.2, 0) is 9.84 Å². The van der Waals surface area contributed by atoms with E-state index in [1.165, 1.54) is 0 Å². The first-order chi connectivity index (χ1) is 15.9. The number of benzene rings is 4. The monoisotopic (exact) mass is 474 g/mol. The van der Waals surface area contributed by atoms with Gasteiger partial charge in [0.1, 0.15) is 5.75 Å². The van der Waals surface area contributed by atoms with Gasteiger partial charge in [0.15, 0.2) is 9.84 Å². The Bertz CT molecular complexity index is 1490. The topological polar surface area (TPSA) is 43.4 Å². The average molecular weight is 475 g/mol. The highest BCUT2D eigenvalue weighted by atomic mass is 35.5. The maximum Gasteiger partial charge on any atom is 0.182 e. The Balaban J connectivity index is 1.69. The minimum Gasteiger partial charge on any atom is -0.496 e. The highest BCUT2D eigenvalue weighted by Crippen LogP contribution is 2.57. The lowest BCUT2D eigenvalue weighted by atomic mass is 9.66.